The number of aliphatic hydroxyl groups is 1. The highest BCUT2D eigenvalue weighted by Gasteiger charge is 2.10. The summed E-state index contributed by atoms with van der Waals surface area (Å²) in [5.74, 6) is 1.39. The van der Waals surface area contributed by atoms with E-state index in [9.17, 15) is 5.11 Å². The molecule has 0 spiro atoms. The van der Waals surface area contributed by atoms with Crippen LogP contribution in [0.2, 0.25) is 0 Å². The summed E-state index contributed by atoms with van der Waals surface area (Å²) in [5.41, 5.74) is 1.04. The van der Waals surface area contributed by atoms with Gasteiger partial charge < -0.3 is 19.6 Å². The van der Waals surface area contributed by atoms with Crippen LogP contribution < -0.4 is 10.1 Å². The number of hydrogen-bond donors (Lipinski definition) is 2. The number of furan rings is 1. The molecule has 0 aliphatic heterocycles. The van der Waals surface area contributed by atoms with Crippen molar-refractivity contribution in [3.05, 3.63) is 66.6 Å². The Hall–Kier alpha value is -2.04. The highest BCUT2D eigenvalue weighted by Crippen LogP contribution is 2.18. The van der Waals surface area contributed by atoms with E-state index in [1.807, 2.05) is 24.3 Å². The molecule has 1 aromatic heterocycles. The summed E-state index contributed by atoms with van der Waals surface area (Å²) >= 11 is 0. The molecule has 0 saturated carbocycles. The molecule has 0 fully saturated rings. The van der Waals surface area contributed by atoms with Crippen molar-refractivity contribution in [1.82, 2.24) is 5.32 Å². The average Bonchev–Trinajstić information content (AvgIpc) is 3.00. The minimum atomic E-state index is -0.647. The van der Waals surface area contributed by atoms with Crippen LogP contribution in [-0.2, 0) is 6.54 Å². The van der Waals surface area contributed by atoms with E-state index < -0.39 is 6.10 Å². The highest BCUT2D eigenvalue weighted by atomic mass is 16.5. The van der Waals surface area contributed by atoms with Gasteiger partial charge in [-0.05, 0) is 18.2 Å². The Morgan fingerprint density at radius 3 is 2.90 bits per heavy atom. The molecule has 4 nitrogen and oxygen atoms in total. The predicted molar refractivity (Wildman–Crippen MR) is 77.5 cm³/mol. The van der Waals surface area contributed by atoms with Gasteiger partial charge in [0.2, 0.25) is 0 Å². The van der Waals surface area contributed by atoms with Crippen molar-refractivity contribution in [2.75, 3.05) is 13.2 Å². The number of hydrogen-bond acceptors (Lipinski definition) is 4. The van der Waals surface area contributed by atoms with Crippen molar-refractivity contribution >= 4 is 0 Å². The van der Waals surface area contributed by atoms with E-state index in [0.29, 0.717) is 25.5 Å². The SMILES string of the molecule is C=CCOc1ccccc1CNCC(O)c1ccco1. The molecule has 0 amide bonds. The van der Waals surface area contributed by atoms with E-state index in [-0.39, 0.29) is 0 Å². The maximum absolute atomic E-state index is 9.90. The summed E-state index contributed by atoms with van der Waals surface area (Å²) in [6.45, 7) is 5.15. The van der Waals surface area contributed by atoms with Crippen LogP contribution >= 0.6 is 0 Å². The molecule has 0 aliphatic rings. The second-order valence-electron chi connectivity index (χ2n) is 4.37. The zero-order valence-electron chi connectivity index (χ0n) is 11.3. The number of para-hydroxylation sites is 1. The molecule has 1 aromatic carbocycles. The maximum Gasteiger partial charge on any atom is 0.133 e. The Bertz CT molecular complexity index is 522. The standard InChI is InChI=1S/C16H19NO3/c1-2-9-19-15-7-4-3-6-13(15)11-17-12-14(18)16-8-5-10-20-16/h2-8,10,14,17-18H,1,9,11-12H2. The van der Waals surface area contributed by atoms with Gasteiger partial charge in [-0.2, -0.15) is 0 Å². The van der Waals surface area contributed by atoms with E-state index in [1.54, 1.807) is 24.5 Å². The van der Waals surface area contributed by atoms with Crippen molar-refractivity contribution in [1.29, 1.82) is 0 Å². The fourth-order valence-electron chi connectivity index (χ4n) is 1.86. The van der Waals surface area contributed by atoms with Crippen LogP contribution in [0.4, 0.5) is 0 Å². The monoisotopic (exact) mass is 273 g/mol. The molecule has 0 aliphatic carbocycles. The molecule has 1 heterocycles. The lowest BCUT2D eigenvalue weighted by Crippen LogP contribution is -2.21. The molecular formula is C16H19NO3. The van der Waals surface area contributed by atoms with Gasteiger partial charge in [0.15, 0.2) is 0 Å². The Morgan fingerprint density at radius 2 is 2.15 bits per heavy atom. The summed E-state index contributed by atoms with van der Waals surface area (Å²) < 4.78 is 10.7. The van der Waals surface area contributed by atoms with Crippen LogP contribution in [0, 0.1) is 0 Å². The largest absolute Gasteiger partial charge is 0.489 e. The maximum atomic E-state index is 9.90. The van der Waals surface area contributed by atoms with Crippen LogP contribution in [-0.4, -0.2) is 18.3 Å². The lowest BCUT2D eigenvalue weighted by atomic mass is 10.2. The van der Waals surface area contributed by atoms with Crippen LogP contribution in [0.15, 0.2) is 59.7 Å². The lowest BCUT2D eigenvalue weighted by molar-refractivity contribution is 0.147. The number of benzene rings is 1. The van der Waals surface area contributed by atoms with Crippen molar-refractivity contribution < 1.29 is 14.3 Å². The number of aliphatic hydroxyl groups excluding tert-OH is 1. The Balaban J connectivity index is 1.86. The van der Waals surface area contributed by atoms with Crippen LogP contribution in [0.3, 0.4) is 0 Å². The third-order valence-corrected chi connectivity index (χ3v) is 2.85. The van der Waals surface area contributed by atoms with E-state index in [1.165, 1.54) is 0 Å². The summed E-state index contributed by atoms with van der Waals surface area (Å²) in [4.78, 5) is 0. The molecule has 1 atom stereocenters. The van der Waals surface area contributed by atoms with Gasteiger partial charge >= 0.3 is 0 Å². The fraction of sp³-hybridized carbons (Fsp3) is 0.250. The minimum absolute atomic E-state index is 0.420. The molecule has 20 heavy (non-hydrogen) atoms. The number of nitrogens with one attached hydrogen (secondary N) is 1. The van der Waals surface area contributed by atoms with Gasteiger partial charge in [-0.15, -0.1) is 0 Å². The molecule has 2 rings (SSSR count). The second-order valence-corrected chi connectivity index (χ2v) is 4.37. The first-order chi connectivity index (χ1) is 9.81. The minimum Gasteiger partial charge on any atom is -0.489 e. The second kappa shape index (κ2) is 7.53. The summed E-state index contributed by atoms with van der Waals surface area (Å²) in [6.07, 6.45) is 2.62. The van der Waals surface area contributed by atoms with Gasteiger partial charge in [-0.25, -0.2) is 0 Å². The molecule has 2 N–H and O–H groups in total. The average molecular weight is 273 g/mol. The van der Waals surface area contributed by atoms with E-state index in [2.05, 4.69) is 11.9 Å². The lowest BCUT2D eigenvalue weighted by Gasteiger charge is -2.12. The van der Waals surface area contributed by atoms with Crippen molar-refractivity contribution in [2.24, 2.45) is 0 Å². The first-order valence-corrected chi connectivity index (χ1v) is 6.55. The van der Waals surface area contributed by atoms with E-state index in [0.717, 1.165) is 11.3 Å². The molecule has 0 saturated heterocycles. The Kier molecular flexibility index (Phi) is 5.41. The molecule has 1 unspecified atom stereocenters. The van der Waals surface area contributed by atoms with Crippen LogP contribution in [0.1, 0.15) is 17.4 Å². The Labute approximate surface area is 118 Å². The van der Waals surface area contributed by atoms with E-state index >= 15 is 0 Å². The van der Waals surface area contributed by atoms with Crippen molar-refractivity contribution in [3.8, 4) is 5.75 Å². The van der Waals surface area contributed by atoms with Crippen molar-refractivity contribution in [3.63, 3.8) is 0 Å². The zero-order chi connectivity index (χ0) is 14.2. The van der Waals surface area contributed by atoms with Gasteiger partial charge in [0.05, 0.1) is 6.26 Å². The predicted octanol–water partition coefficient (Wildman–Crippen LogP) is 2.67. The molecule has 0 bridgehead atoms. The quantitative estimate of drug-likeness (QED) is 0.726. The normalized spacial score (nSPS) is 12.1. The first kappa shape index (κ1) is 14.4. The molecule has 106 valence electrons. The fourth-order valence-corrected chi connectivity index (χ4v) is 1.86. The Morgan fingerprint density at radius 1 is 1.30 bits per heavy atom. The summed E-state index contributed by atoms with van der Waals surface area (Å²) in [7, 11) is 0. The van der Waals surface area contributed by atoms with Crippen LogP contribution in [0.5, 0.6) is 5.75 Å². The topological polar surface area (TPSA) is 54.6 Å². The third kappa shape index (κ3) is 3.98. The van der Waals surface area contributed by atoms with Gasteiger partial charge in [0, 0.05) is 18.7 Å². The third-order valence-electron chi connectivity index (χ3n) is 2.85. The summed E-state index contributed by atoms with van der Waals surface area (Å²) in [6, 6.07) is 11.3. The molecule has 4 heteroatoms. The van der Waals surface area contributed by atoms with E-state index in [4.69, 9.17) is 9.15 Å². The smallest absolute Gasteiger partial charge is 0.133 e. The number of ether oxygens (including phenoxy) is 1. The van der Waals surface area contributed by atoms with Gasteiger partial charge in [0.1, 0.15) is 24.2 Å². The van der Waals surface area contributed by atoms with Crippen molar-refractivity contribution in [2.45, 2.75) is 12.6 Å². The highest BCUT2D eigenvalue weighted by molar-refractivity contribution is 5.33. The zero-order valence-corrected chi connectivity index (χ0v) is 11.3. The number of rotatable bonds is 8. The molecule has 2 aromatic rings. The van der Waals surface area contributed by atoms with Gasteiger partial charge in [0.25, 0.3) is 0 Å². The van der Waals surface area contributed by atoms with Gasteiger partial charge in [-0.1, -0.05) is 30.9 Å². The first-order valence-electron chi connectivity index (χ1n) is 6.55. The molecule has 0 radical (unpaired) electrons. The van der Waals surface area contributed by atoms with Crippen LogP contribution in [0.25, 0.3) is 0 Å². The summed E-state index contributed by atoms with van der Waals surface area (Å²) in [5, 5.41) is 13.1. The molecular weight excluding hydrogens is 254 g/mol. The van der Waals surface area contributed by atoms with Gasteiger partial charge in [-0.3, -0.25) is 0 Å².